The molecule has 1 unspecified atom stereocenters. The Labute approximate surface area is 94.7 Å². The van der Waals surface area contributed by atoms with Crippen molar-refractivity contribution in [2.75, 3.05) is 26.4 Å². The standard InChI is InChI=1S/C11H16N2O3/c12-8-11(2-1-3-11)10(14)13-6-9-7-15-4-5-16-9/h9H,1-7H2,(H,13,14). The van der Waals surface area contributed by atoms with Crippen molar-refractivity contribution in [1.29, 1.82) is 5.26 Å². The zero-order valence-corrected chi connectivity index (χ0v) is 9.20. The molecule has 1 heterocycles. The molecule has 88 valence electrons. The number of ether oxygens (including phenoxy) is 2. The first-order valence-electron chi connectivity index (χ1n) is 5.66. The maximum Gasteiger partial charge on any atom is 0.240 e. The Hall–Kier alpha value is -1.12. The molecule has 0 bridgehead atoms. The lowest BCUT2D eigenvalue weighted by molar-refractivity contribution is -0.134. The molecule has 1 saturated heterocycles. The lowest BCUT2D eigenvalue weighted by Crippen LogP contribution is -2.48. The fourth-order valence-electron chi connectivity index (χ4n) is 1.95. The Morgan fingerprint density at radius 1 is 1.50 bits per heavy atom. The molecule has 2 aliphatic rings. The monoisotopic (exact) mass is 224 g/mol. The number of nitriles is 1. The van der Waals surface area contributed by atoms with Gasteiger partial charge in [-0.15, -0.1) is 0 Å². The van der Waals surface area contributed by atoms with Gasteiger partial charge in [0.25, 0.3) is 0 Å². The van der Waals surface area contributed by atoms with E-state index in [1.165, 1.54) is 0 Å². The minimum Gasteiger partial charge on any atom is -0.376 e. The van der Waals surface area contributed by atoms with Gasteiger partial charge in [0, 0.05) is 6.54 Å². The summed E-state index contributed by atoms with van der Waals surface area (Å²) in [5, 5.41) is 11.8. The molecule has 2 rings (SSSR count). The second-order valence-corrected chi connectivity index (χ2v) is 4.33. The Morgan fingerprint density at radius 2 is 2.31 bits per heavy atom. The van der Waals surface area contributed by atoms with Gasteiger partial charge in [-0.25, -0.2) is 0 Å². The van der Waals surface area contributed by atoms with Crippen LogP contribution in [-0.4, -0.2) is 38.4 Å². The molecule has 1 atom stereocenters. The van der Waals surface area contributed by atoms with Gasteiger partial charge in [0.2, 0.25) is 5.91 Å². The third-order valence-corrected chi connectivity index (χ3v) is 3.23. The van der Waals surface area contributed by atoms with E-state index in [9.17, 15) is 4.79 Å². The third kappa shape index (κ3) is 2.18. The molecule has 16 heavy (non-hydrogen) atoms. The van der Waals surface area contributed by atoms with Gasteiger partial charge in [-0.3, -0.25) is 4.79 Å². The fraction of sp³-hybridized carbons (Fsp3) is 0.818. The summed E-state index contributed by atoms with van der Waals surface area (Å²) < 4.78 is 10.6. The van der Waals surface area contributed by atoms with Crippen molar-refractivity contribution < 1.29 is 14.3 Å². The first kappa shape index (κ1) is 11.4. The summed E-state index contributed by atoms with van der Waals surface area (Å²) in [4.78, 5) is 11.8. The van der Waals surface area contributed by atoms with Crippen molar-refractivity contribution >= 4 is 5.91 Å². The fourth-order valence-corrected chi connectivity index (χ4v) is 1.95. The van der Waals surface area contributed by atoms with Crippen LogP contribution in [0.25, 0.3) is 0 Å². The third-order valence-electron chi connectivity index (χ3n) is 3.23. The van der Waals surface area contributed by atoms with Crippen LogP contribution in [0.4, 0.5) is 0 Å². The highest BCUT2D eigenvalue weighted by atomic mass is 16.6. The molecular formula is C11H16N2O3. The first-order valence-corrected chi connectivity index (χ1v) is 5.66. The van der Waals surface area contributed by atoms with Crippen LogP contribution in [0.2, 0.25) is 0 Å². The van der Waals surface area contributed by atoms with Gasteiger partial charge in [-0.2, -0.15) is 5.26 Å². The molecule has 0 spiro atoms. The van der Waals surface area contributed by atoms with Gasteiger partial charge < -0.3 is 14.8 Å². The molecule has 0 aromatic heterocycles. The molecule has 0 radical (unpaired) electrons. The topological polar surface area (TPSA) is 71.4 Å². The van der Waals surface area contributed by atoms with Crippen LogP contribution < -0.4 is 5.32 Å². The van der Waals surface area contributed by atoms with Gasteiger partial charge in [0.15, 0.2) is 0 Å². The van der Waals surface area contributed by atoms with Crippen LogP contribution in [0, 0.1) is 16.7 Å². The number of carbonyl (C=O) groups is 1. The quantitative estimate of drug-likeness (QED) is 0.744. The number of hydrogen-bond acceptors (Lipinski definition) is 4. The second-order valence-electron chi connectivity index (χ2n) is 4.33. The van der Waals surface area contributed by atoms with Crippen LogP contribution in [0.5, 0.6) is 0 Å². The van der Waals surface area contributed by atoms with Gasteiger partial charge >= 0.3 is 0 Å². The van der Waals surface area contributed by atoms with Crippen molar-refractivity contribution in [3.8, 4) is 6.07 Å². The molecule has 0 aromatic carbocycles. The van der Waals surface area contributed by atoms with Gasteiger partial charge in [0.05, 0.1) is 32.0 Å². The number of nitrogens with one attached hydrogen (secondary N) is 1. The molecule has 1 saturated carbocycles. The van der Waals surface area contributed by atoms with E-state index < -0.39 is 5.41 Å². The van der Waals surface area contributed by atoms with Crippen molar-refractivity contribution in [2.45, 2.75) is 25.4 Å². The zero-order chi connectivity index (χ0) is 11.4. The molecule has 1 N–H and O–H groups in total. The predicted molar refractivity (Wildman–Crippen MR) is 55.5 cm³/mol. The average molecular weight is 224 g/mol. The van der Waals surface area contributed by atoms with Crippen LogP contribution in [-0.2, 0) is 14.3 Å². The van der Waals surface area contributed by atoms with E-state index in [4.69, 9.17) is 14.7 Å². The van der Waals surface area contributed by atoms with Crippen LogP contribution in [0.3, 0.4) is 0 Å². The largest absolute Gasteiger partial charge is 0.376 e. The molecule has 1 amide bonds. The Morgan fingerprint density at radius 3 is 2.81 bits per heavy atom. The van der Waals surface area contributed by atoms with Crippen molar-refractivity contribution in [2.24, 2.45) is 5.41 Å². The van der Waals surface area contributed by atoms with E-state index in [-0.39, 0.29) is 12.0 Å². The van der Waals surface area contributed by atoms with E-state index in [1.807, 2.05) is 0 Å². The molecule has 1 aliphatic carbocycles. The SMILES string of the molecule is N#CC1(C(=O)NCC2COCCO2)CCC1. The normalized spacial score (nSPS) is 27.6. The van der Waals surface area contributed by atoms with Crippen molar-refractivity contribution in [3.63, 3.8) is 0 Å². The number of nitrogens with zero attached hydrogens (tertiary/aromatic N) is 1. The van der Waals surface area contributed by atoms with E-state index in [0.717, 1.165) is 6.42 Å². The maximum atomic E-state index is 11.8. The van der Waals surface area contributed by atoms with Crippen LogP contribution in [0.15, 0.2) is 0 Å². The summed E-state index contributed by atoms with van der Waals surface area (Å²) in [6, 6.07) is 2.12. The van der Waals surface area contributed by atoms with Gasteiger partial charge in [-0.05, 0) is 19.3 Å². The second kappa shape index (κ2) is 4.81. The van der Waals surface area contributed by atoms with E-state index in [2.05, 4.69) is 11.4 Å². The van der Waals surface area contributed by atoms with Gasteiger partial charge in [-0.1, -0.05) is 0 Å². The van der Waals surface area contributed by atoms with E-state index >= 15 is 0 Å². The summed E-state index contributed by atoms with van der Waals surface area (Å²) in [5.74, 6) is -0.157. The molecule has 0 aromatic rings. The highest BCUT2D eigenvalue weighted by Crippen LogP contribution is 2.40. The summed E-state index contributed by atoms with van der Waals surface area (Å²) in [6.07, 6.45) is 2.24. The summed E-state index contributed by atoms with van der Waals surface area (Å²) in [5.41, 5.74) is -0.768. The van der Waals surface area contributed by atoms with Crippen LogP contribution >= 0.6 is 0 Å². The van der Waals surface area contributed by atoms with Crippen molar-refractivity contribution in [1.82, 2.24) is 5.32 Å². The highest BCUT2D eigenvalue weighted by Gasteiger charge is 2.44. The van der Waals surface area contributed by atoms with Crippen molar-refractivity contribution in [3.05, 3.63) is 0 Å². The summed E-state index contributed by atoms with van der Waals surface area (Å²) >= 11 is 0. The number of amides is 1. The lowest BCUT2D eigenvalue weighted by Gasteiger charge is -2.34. The molecule has 2 fully saturated rings. The molecule has 1 aliphatic heterocycles. The Balaban J connectivity index is 1.77. The van der Waals surface area contributed by atoms with Gasteiger partial charge in [0.1, 0.15) is 5.41 Å². The predicted octanol–water partition coefficient (Wildman–Crippen LogP) is 0.212. The van der Waals surface area contributed by atoms with Crippen LogP contribution in [0.1, 0.15) is 19.3 Å². The zero-order valence-electron chi connectivity index (χ0n) is 9.20. The molecule has 5 nitrogen and oxygen atoms in total. The number of carbonyl (C=O) groups excluding carboxylic acids is 1. The number of rotatable bonds is 3. The Kier molecular flexibility index (Phi) is 3.42. The van der Waals surface area contributed by atoms with E-state index in [0.29, 0.717) is 39.2 Å². The maximum absolute atomic E-state index is 11.8. The Bertz CT molecular complexity index is 301. The smallest absolute Gasteiger partial charge is 0.240 e. The average Bonchev–Trinajstić information content (AvgIpc) is 2.27. The molecule has 5 heteroatoms. The first-order chi connectivity index (χ1) is 7.77. The highest BCUT2D eigenvalue weighted by molar-refractivity contribution is 5.86. The lowest BCUT2D eigenvalue weighted by atomic mass is 9.69. The molecular weight excluding hydrogens is 208 g/mol. The summed E-state index contributed by atoms with van der Waals surface area (Å²) in [6.45, 7) is 2.14. The minimum atomic E-state index is -0.768. The summed E-state index contributed by atoms with van der Waals surface area (Å²) in [7, 11) is 0. The van der Waals surface area contributed by atoms with E-state index in [1.54, 1.807) is 0 Å². The minimum absolute atomic E-state index is 0.0754. The number of hydrogen-bond donors (Lipinski definition) is 1.